The highest BCUT2D eigenvalue weighted by molar-refractivity contribution is 8.14. The molecule has 2 unspecified atom stereocenters. The number of carbonyl (C=O) groups excluding carboxylic acids is 3. The van der Waals surface area contributed by atoms with Crippen molar-refractivity contribution in [1.82, 2.24) is 0 Å². The normalized spacial score (nSPS) is 44.5. The molecule has 1 aromatic rings. The van der Waals surface area contributed by atoms with E-state index in [2.05, 4.69) is 0 Å². The first-order valence-electron chi connectivity index (χ1n) is 12.3. The van der Waals surface area contributed by atoms with Gasteiger partial charge in [-0.1, -0.05) is 31.7 Å². The number of hydrogen-bond acceptors (Lipinski definition) is 7. The first-order valence-corrected chi connectivity index (χ1v) is 13.8. The second-order valence-electron chi connectivity index (χ2n) is 11.1. The van der Waals surface area contributed by atoms with Crippen LogP contribution in [0.4, 0.5) is 8.78 Å². The van der Waals surface area contributed by atoms with Crippen LogP contribution in [0.25, 0.3) is 0 Å². The summed E-state index contributed by atoms with van der Waals surface area (Å²) in [6.45, 7) is 4.98. The summed E-state index contributed by atoms with van der Waals surface area (Å²) in [5, 5.41) is 10.9. The topological polar surface area (TPSA) is 93.8 Å². The van der Waals surface area contributed by atoms with Crippen LogP contribution in [0.3, 0.4) is 0 Å². The second-order valence-corrected chi connectivity index (χ2v) is 12.7. The van der Waals surface area contributed by atoms with Crippen LogP contribution in [0.15, 0.2) is 46.6 Å². The predicted octanol–water partition coefficient (Wildman–Crippen LogP) is 5.20. The molecule has 0 spiro atoms. The van der Waals surface area contributed by atoms with Crippen LogP contribution in [0.5, 0.6) is 0 Å². The van der Waals surface area contributed by atoms with Crippen LogP contribution in [-0.4, -0.2) is 50.7 Å². The molecule has 9 atom stereocenters. The summed E-state index contributed by atoms with van der Waals surface area (Å²) in [6, 6.07) is 2.93. The first kappa shape index (κ1) is 26.6. The highest BCUT2D eigenvalue weighted by atomic mass is 35.5. The van der Waals surface area contributed by atoms with E-state index in [0.717, 1.165) is 17.8 Å². The standard InChI is InChI=1S/C27H29ClF2O6S/c1-14-9-16-17-11-19(29)18-10-15(31)6-7-24(18,2)26(17,30)21(32)12-25(16,3)27(14,23(34)37-13-28)36-22(33)20-5-4-8-35-20/h4-8,10,14,16-17,19,21,32H,9,11-13H2,1-3H3/t14-,16?,17?,19-,21+,24+,25+,26-,27+/m1/s1. The van der Waals surface area contributed by atoms with Crippen molar-refractivity contribution in [3.63, 3.8) is 0 Å². The summed E-state index contributed by atoms with van der Waals surface area (Å²) in [6.07, 6.45) is 1.59. The van der Waals surface area contributed by atoms with Gasteiger partial charge < -0.3 is 14.3 Å². The Bertz CT molecular complexity index is 1200. The van der Waals surface area contributed by atoms with E-state index in [1.165, 1.54) is 37.5 Å². The van der Waals surface area contributed by atoms with Gasteiger partial charge in [0.15, 0.2) is 17.1 Å². The molecule has 3 fully saturated rings. The van der Waals surface area contributed by atoms with Gasteiger partial charge in [0.05, 0.1) is 17.6 Å². The van der Waals surface area contributed by atoms with Crippen LogP contribution < -0.4 is 0 Å². The maximum atomic E-state index is 17.4. The average Bonchev–Trinajstić information content (AvgIpc) is 3.45. The summed E-state index contributed by atoms with van der Waals surface area (Å²) in [7, 11) is 0. The molecule has 5 rings (SSSR count). The van der Waals surface area contributed by atoms with Crippen molar-refractivity contribution in [2.75, 3.05) is 5.21 Å². The lowest BCUT2D eigenvalue weighted by atomic mass is 9.44. The predicted molar refractivity (Wildman–Crippen MR) is 133 cm³/mol. The van der Waals surface area contributed by atoms with E-state index in [1.807, 2.05) is 0 Å². The number of ketones is 1. The number of fused-ring (bicyclic) bond motifs is 5. The third-order valence-electron chi connectivity index (χ3n) is 9.63. The average molecular weight is 555 g/mol. The Balaban J connectivity index is 1.64. The van der Waals surface area contributed by atoms with Gasteiger partial charge in [0, 0.05) is 22.7 Å². The van der Waals surface area contributed by atoms with Crippen molar-refractivity contribution in [2.45, 2.75) is 63.6 Å². The number of ether oxygens (including phenoxy) is 1. The van der Waals surface area contributed by atoms with Crippen LogP contribution in [0.1, 0.15) is 50.6 Å². The zero-order valence-electron chi connectivity index (χ0n) is 20.7. The van der Waals surface area contributed by atoms with Gasteiger partial charge in [-0.2, -0.15) is 0 Å². The van der Waals surface area contributed by atoms with Crippen molar-refractivity contribution >= 4 is 40.2 Å². The Hall–Kier alpha value is -1.97. The second kappa shape index (κ2) is 8.78. The lowest BCUT2D eigenvalue weighted by Crippen LogP contribution is -2.70. The number of thioether (sulfide) groups is 1. The summed E-state index contributed by atoms with van der Waals surface area (Å²) >= 11 is 6.70. The van der Waals surface area contributed by atoms with Gasteiger partial charge >= 0.3 is 5.97 Å². The number of aliphatic hydroxyl groups excluding tert-OH is 1. The number of carbonyl (C=O) groups is 3. The molecule has 0 bridgehead atoms. The number of hydrogen-bond donors (Lipinski definition) is 1. The molecule has 200 valence electrons. The molecular formula is C27H29ClF2O6S. The van der Waals surface area contributed by atoms with E-state index < -0.39 is 69.0 Å². The summed E-state index contributed by atoms with van der Waals surface area (Å²) < 4.78 is 44.3. The third kappa shape index (κ3) is 3.35. The van der Waals surface area contributed by atoms with Crippen LogP contribution >= 0.6 is 23.4 Å². The quantitative estimate of drug-likeness (QED) is 0.404. The molecular weight excluding hydrogens is 526 g/mol. The van der Waals surface area contributed by atoms with Gasteiger partial charge in [0.1, 0.15) is 6.17 Å². The number of allylic oxidation sites excluding steroid dienone is 4. The minimum Gasteiger partial charge on any atom is -0.457 e. The summed E-state index contributed by atoms with van der Waals surface area (Å²) in [4.78, 5) is 38.9. The Morgan fingerprint density at radius 3 is 2.68 bits per heavy atom. The Morgan fingerprint density at radius 1 is 1.30 bits per heavy atom. The SMILES string of the molecule is C[C@@H]1CC2C3C[C@@H](F)C4=CC(=O)C=C[C@]4(C)[C@]3(F)[C@@H](O)C[C@]2(C)[C@@]1(OC(=O)c1ccco1)C(=O)SCCl. The van der Waals surface area contributed by atoms with Crippen molar-refractivity contribution < 1.29 is 37.4 Å². The molecule has 1 aromatic heterocycles. The molecule has 3 saturated carbocycles. The number of rotatable bonds is 4. The van der Waals surface area contributed by atoms with E-state index in [0.29, 0.717) is 0 Å². The number of furan rings is 1. The molecule has 0 saturated heterocycles. The van der Waals surface area contributed by atoms with Crippen LogP contribution in [0, 0.1) is 28.6 Å². The van der Waals surface area contributed by atoms with Gasteiger partial charge in [-0.25, -0.2) is 13.6 Å². The van der Waals surface area contributed by atoms with E-state index in [9.17, 15) is 19.5 Å². The van der Waals surface area contributed by atoms with Crippen molar-refractivity contribution in [3.8, 4) is 0 Å². The molecule has 0 aromatic carbocycles. The maximum Gasteiger partial charge on any atom is 0.375 e. The zero-order valence-corrected chi connectivity index (χ0v) is 22.3. The molecule has 0 amide bonds. The monoisotopic (exact) mass is 554 g/mol. The Labute approximate surface area is 222 Å². The molecule has 10 heteroatoms. The van der Waals surface area contributed by atoms with E-state index in [4.69, 9.17) is 20.8 Å². The molecule has 6 nitrogen and oxygen atoms in total. The van der Waals surface area contributed by atoms with Gasteiger partial charge in [-0.05, 0) is 62.0 Å². The first-order chi connectivity index (χ1) is 17.4. The number of alkyl halides is 3. The zero-order chi connectivity index (χ0) is 27.0. The molecule has 1 heterocycles. The minimum atomic E-state index is -2.30. The largest absolute Gasteiger partial charge is 0.457 e. The molecule has 4 aliphatic rings. The molecule has 4 aliphatic carbocycles. The number of halogens is 3. The van der Waals surface area contributed by atoms with Gasteiger partial charge in [0.25, 0.3) is 0 Å². The Morgan fingerprint density at radius 2 is 2.03 bits per heavy atom. The fraction of sp³-hybridized carbons (Fsp3) is 0.593. The van der Waals surface area contributed by atoms with Gasteiger partial charge in [-0.3, -0.25) is 9.59 Å². The van der Waals surface area contributed by atoms with Gasteiger partial charge in [0.2, 0.25) is 10.9 Å². The third-order valence-corrected chi connectivity index (χ3v) is 10.6. The maximum absolute atomic E-state index is 17.4. The molecule has 37 heavy (non-hydrogen) atoms. The minimum absolute atomic E-state index is 0.0248. The van der Waals surface area contributed by atoms with Gasteiger partial charge in [-0.15, -0.1) is 11.6 Å². The lowest BCUT2D eigenvalue weighted by molar-refractivity contribution is -0.221. The van der Waals surface area contributed by atoms with Crippen molar-refractivity contribution in [3.05, 3.63) is 48.0 Å². The molecule has 0 aliphatic heterocycles. The van der Waals surface area contributed by atoms with Crippen LogP contribution in [0.2, 0.25) is 0 Å². The van der Waals surface area contributed by atoms with Crippen molar-refractivity contribution in [2.24, 2.45) is 28.6 Å². The number of esters is 1. The summed E-state index contributed by atoms with van der Waals surface area (Å²) in [5.41, 5.74) is -6.80. The molecule has 0 radical (unpaired) electrons. The summed E-state index contributed by atoms with van der Waals surface area (Å²) in [5.74, 6) is -3.56. The van der Waals surface area contributed by atoms with E-state index in [1.54, 1.807) is 13.8 Å². The lowest BCUT2D eigenvalue weighted by Gasteiger charge is -2.63. The van der Waals surface area contributed by atoms with Crippen LogP contribution in [-0.2, 0) is 14.3 Å². The fourth-order valence-corrected chi connectivity index (χ4v) is 9.05. The van der Waals surface area contributed by atoms with E-state index in [-0.39, 0.29) is 35.8 Å². The molecule has 1 N–H and O–H groups in total. The highest BCUT2D eigenvalue weighted by Crippen LogP contribution is 2.72. The smallest absolute Gasteiger partial charge is 0.375 e. The Kier molecular flexibility index (Phi) is 6.32. The fourth-order valence-electron chi connectivity index (χ4n) is 7.97. The van der Waals surface area contributed by atoms with Crippen molar-refractivity contribution in [1.29, 1.82) is 0 Å². The van der Waals surface area contributed by atoms with E-state index >= 15 is 8.78 Å². The highest BCUT2D eigenvalue weighted by Gasteiger charge is 2.78. The number of aliphatic hydroxyl groups is 1.